The van der Waals surface area contributed by atoms with Crippen LogP contribution in [-0.4, -0.2) is 19.7 Å². The fraction of sp³-hybridized carbons (Fsp3) is 0.375. The van der Waals surface area contributed by atoms with E-state index in [1.807, 2.05) is 24.3 Å². The first-order valence-corrected chi connectivity index (χ1v) is 7.71. The summed E-state index contributed by atoms with van der Waals surface area (Å²) in [6.07, 6.45) is 2.42. The third kappa shape index (κ3) is 2.88. The van der Waals surface area contributed by atoms with Crippen molar-refractivity contribution in [1.82, 2.24) is 5.32 Å². The van der Waals surface area contributed by atoms with Crippen LogP contribution in [0.1, 0.15) is 12.8 Å². The molecule has 106 valence electrons. The van der Waals surface area contributed by atoms with E-state index in [0.29, 0.717) is 22.6 Å². The van der Waals surface area contributed by atoms with Crippen LogP contribution in [0.2, 0.25) is 10.0 Å². The van der Waals surface area contributed by atoms with Gasteiger partial charge >= 0.3 is 0 Å². The van der Waals surface area contributed by atoms with E-state index in [2.05, 4.69) is 5.32 Å². The van der Waals surface area contributed by atoms with Crippen molar-refractivity contribution >= 4 is 34.0 Å². The van der Waals surface area contributed by atoms with Gasteiger partial charge in [0.25, 0.3) is 0 Å². The fourth-order valence-corrected chi connectivity index (χ4v) is 3.28. The van der Waals surface area contributed by atoms with Gasteiger partial charge in [0.1, 0.15) is 5.75 Å². The molecule has 0 spiro atoms. The van der Waals surface area contributed by atoms with Crippen molar-refractivity contribution in [2.45, 2.75) is 12.8 Å². The molecule has 1 aliphatic rings. The van der Waals surface area contributed by atoms with Crippen LogP contribution in [-0.2, 0) is 0 Å². The van der Waals surface area contributed by atoms with Gasteiger partial charge in [-0.1, -0.05) is 47.5 Å². The van der Waals surface area contributed by atoms with Gasteiger partial charge in [-0.2, -0.15) is 0 Å². The van der Waals surface area contributed by atoms with Gasteiger partial charge in [0.15, 0.2) is 0 Å². The number of piperidine rings is 1. The summed E-state index contributed by atoms with van der Waals surface area (Å²) in [6.45, 7) is 2.82. The predicted molar refractivity (Wildman–Crippen MR) is 85.1 cm³/mol. The summed E-state index contributed by atoms with van der Waals surface area (Å²) in [6, 6.07) is 9.70. The Balaban J connectivity index is 1.86. The molecule has 0 amide bonds. The summed E-state index contributed by atoms with van der Waals surface area (Å²) >= 11 is 12.5. The molecular formula is C16H17Cl2NO. The lowest BCUT2D eigenvalue weighted by molar-refractivity contribution is 0.220. The van der Waals surface area contributed by atoms with Crippen molar-refractivity contribution in [2.24, 2.45) is 5.92 Å². The molecule has 0 radical (unpaired) electrons. The Morgan fingerprint density at radius 3 is 2.70 bits per heavy atom. The number of hydrogen-bond donors (Lipinski definition) is 1. The highest BCUT2D eigenvalue weighted by Gasteiger charge is 2.16. The molecule has 2 aromatic carbocycles. The number of halogens is 2. The van der Waals surface area contributed by atoms with E-state index in [1.54, 1.807) is 6.07 Å². The minimum absolute atomic E-state index is 0.550. The Morgan fingerprint density at radius 2 is 1.95 bits per heavy atom. The maximum Gasteiger partial charge on any atom is 0.145 e. The summed E-state index contributed by atoms with van der Waals surface area (Å²) in [4.78, 5) is 0. The lowest BCUT2D eigenvalue weighted by Crippen LogP contribution is -2.33. The minimum Gasteiger partial charge on any atom is -0.491 e. The molecule has 4 heteroatoms. The van der Waals surface area contributed by atoms with Crippen molar-refractivity contribution in [3.8, 4) is 5.75 Å². The van der Waals surface area contributed by atoms with Gasteiger partial charge in [-0.3, -0.25) is 0 Å². The van der Waals surface area contributed by atoms with Crippen LogP contribution in [0.3, 0.4) is 0 Å². The largest absolute Gasteiger partial charge is 0.491 e. The van der Waals surface area contributed by atoms with Crippen LogP contribution >= 0.6 is 23.2 Å². The first kappa shape index (κ1) is 14.0. The van der Waals surface area contributed by atoms with Crippen LogP contribution in [0.4, 0.5) is 0 Å². The first-order valence-electron chi connectivity index (χ1n) is 6.96. The standard InChI is InChI=1S/C16H17Cl2NO/c17-14-8-15(18)16(13-6-2-1-5-12(13)14)20-10-11-4-3-7-19-9-11/h1-2,5-6,8,11,19H,3-4,7,9-10H2/t11-/m1/s1. The van der Waals surface area contributed by atoms with Crippen molar-refractivity contribution in [2.75, 3.05) is 19.7 Å². The molecule has 1 atom stereocenters. The molecule has 20 heavy (non-hydrogen) atoms. The normalized spacial score (nSPS) is 19.2. The zero-order valence-electron chi connectivity index (χ0n) is 11.2. The molecule has 1 fully saturated rings. The lowest BCUT2D eigenvalue weighted by Gasteiger charge is -2.23. The molecule has 0 bridgehead atoms. The third-order valence-corrected chi connectivity index (χ3v) is 4.36. The second-order valence-electron chi connectivity index (χ2n) is 5.24. The topological polar surface area (TPSA) is 21.3 Å². The highest BCUT2D eigenvalue weighted by Crippen LogP contribution is 2.38. The van der Waals surface area contributed by atoms with E-state index in [-0.39, 0.29) is 0 Å². The van der Waals surface area contributed by atoms with Gasteiger partial charge in [-0.15, -0.1) is 0 Å². The average Bonchev–Trinajstić information content (AvgIpc) is 2.48. The number of hydrogen-bond acceptors (Lipinski definition) is 2. The summed E-state index contributed by atoms with van der Waals surface area (Å²) in [5.74, 6) is 1.30. The number of fused-ring (bicyclic) bond motifs is 1. The van der Waals surface area contributed by atoms with E-state index < -0.39 is 0 Å². The molecule has 0 saturated carbocycles. The van der Waals surface area contributed by atoms with Gasteiger partial charge in [-0.05, 0) is 25.5 Å². The van der Waals surface area contributed by atoms with Gasteiger partial charge in [-0.25, -0.2) is 0 Å². The van der Waals surface area contributed by atoms with E-state index in [1.165, 1.54) is 12.8 Å². The molecular weight excluding hydrogens is 293 g/mol. The van der Waals surface area contributed by atoms with Gasteiger partial charge in [0.05, 0.1) is 16.7 Å². The molecule has 3 rings (SSSR count). The van der Waals surface area contributed by atoms with E-state index in [4.69, 9.17) is 27.9 Å². The smallest absolute Gasteiger partial charge is 0.145 e. The molecule has 1 aliphatic heterocycles. The Hall–Kier alpha value is -0.960. The van der Waals surface area contributed by atoms with Crippen molar-refractivity contribution in [3.63, 3.8) is 0 Å². The fourth-order valence-electron chi connectivity index (χ4n) is 2.69. The molecule has 1 heterocycles. The summed E-state index contributed by atoms with van der Waals surface area (Å²) in [5.41, 5.74) is 0. The Morgan fingerprint density at radius 1 is 1.15 bits per heavy atom. The van der Waals surface area contributed by atoms with Crippen molar-refractivity contribution in [3.05, 3.63) is 40.4 Å². The highest BCUT2D eigenvalue weighted by molar-refractivity contribution is 6.39. The molecule has 2 aromatic rings. The van der Waals surface area contributed by atoms with Crippen LogP contribution in [0.5, 0.6) is 5.75 Å². The summed E-state index contributed by atoms with van der Waals surface area (Å²) < 4.78 is 6.01. The van der Waals surface area contributed by atoms with Gasteiger partial charge in [0.2, 0.25) is 0 Å². The van der Waals surface area contributed by atoms with Crippen LogP contribution in [0.25, 0.3) is 10.8 Å². The number of nitrogens with one attached hydrogen (secondary N) is 1. The van der Waals surface area contributed by atoms with Crippen LogP contribution < -0.4 is 10.1 Å². The van der Waals surface area contributed by atoms with E-state index in [9.17, 15) is 0 Å². The van der Waals surface area contributed by atoms with Crippen molar-refractivity contribution in [1.29, 1.82) is 0 Å². The molecule has 0 unspecified atom stereocenters. The molecule has 1 N–H and O–H groups in total. The maximum absolute atomic E-state index is 6.30. The zero-order valence-corrected chi connectivity index (χ0v) is 12.7. The maximum atomic E-state index is 6.30. The Kier molecular flexibility index (Phi) is 4.35. The number of rotatable bonds is 3. The quantitative estimate of drug-likeness (QED) is 0.899. The van der Waals surface area contributed by atoms with Crippen LogP contribution in [0, 0.1) is 5.92 Å². The van der Waals surface area contributed by atoms with E-state index in [0.717, 1.165) is 29.6 Å². The molecule has 2 nitrogen and oxygen atoms in total. The second-order valence-corrected chi connectivity index (χ2v) is 6.05. The summed E-state index contributed by atoms with van der Waals surface area (Å²) in [5, 5.41) is 6.61. The van der Waals surface area contributed by atoms with Gasteiger partial charge < -0.3 is 10.1 Å². The number of ether oxygens (including phenoxy) is 1. The second kappa shape index (κ2) is 6.21. The molecule has 1 saturated heterocycles. The van der Waals surface area contributed by atoms with Gasteiger partial charge in [0, 0.05) is 23.2 Å². The van der Waals surface area contributed by atoms with Crippen LogP contribution in [0.15, 0.2) is 30.3 Å². The highest BCUT2D eigenvalue weighted by atomic mass is 35.5. The molecule has 0 aromatic heterocycles. The van der Waals surface area contributed by atoms with E-state index >= 15 is 0 Å². The zero-order chi connectivity index (χ0) is 13.9. The Labute approximate surface area is 129 Å². The SMILES string of the molecule is Clc1cc(Cl)c2ccccc2c1OC[C@@H]1CCCNC1. The lowest BCUT2D eigenvalue weighted by atomic mass is 10.0. The Bertz CT molecular complexity index is 609. The third-order valence-electron chi connectivity index (χ3n) is 3.76. The average molecular weight is 310 g/mol. The minimum atomic E-state index is 0.550. The monoisotopic (exact) mass is 309 g/mol. The molecule has 0 aliphatic carbocycles. The predicted octanol–water partition coefficient (Wildman–Crippen LogP) is 4.53. The summed E-state index contributed by atoms with van der Waals surface area (Å²) in [7, 11) is 0. The number of benzene rings is 2. The first-order chi connectivity index (χ1) is 9.75. The van der Waals surface area contributed by atoms with Crippen molar-refractivity contribution < 1.29 is 4.74 Å².